The lowest BCUT2D eigenvalue weighted by molar-refractivity contribution is 0.103. The fourth-order valence-corrected chi connectivity index (χ4v) is 1.92. The Labute approximate surface area is 118 Å². The first-order valence-electron chi connectivity index (χ1n) is 6.36. The van der Waals surface area contributed by atoms with Crippen LogP contribution in [0.2, 0.25) is 0 Å². The van der Waals surface area contributed by atoms with Crippen LogP contribution in [0.3, 0.4) is 0 Å². The van der Waals surface area contributed by atoms with Crippen LogP contribution in [0, 0.1) is 0 Å². The van der Waals surface area contributed by atoms with Gasteiger partial charge in [0.25, 0.3) is 0 Å². The lowest BCUT2D eigenvalue weighted by atomic mass is 10.0. The summed E-state index contributed by atoms with van der Waals surface area (Å²) in [7, 11) is 1.52. The van der Waals surface area contributed by atoms with Crippen LogP contribution in [0.25, 0.3) is 0 Å². The number of carbonyl (C=O) groups is 1. The van der Waals surface area contributed by atoms with Crippen LogP contribution in [0.15, 0.2) is 42.5 Å². The molecule has 0 spiro atoms. The van der Waals surface area contributed by atoms with E-state index in [0.717, 1.165) is 5.75 Å². The summed E-state index contributed by atoms with van der Waals surface area (Å²) < 4.78 is 10.6. The number of nitrogen functional groups attached to an aromatic ring is 1. The molecule has 0 atom stereocenters. The number of anilines is 1. The first-order chi connectivity index (χ1) is 9.65. The van der Waals surface area contributed by atoms with Crippen LogP contribution in [-0.4, -0.2) is 19.5 Å². The molecule has 0 aliphatic carbocycles. The van der Waals surface area contributed by atoms with Gasteiger partial charge in [0.1, 0.15) is 11.5 Å². The fraction of sp³-hybridized carbons (Fsp3) is 0.188. The van der Waals surface area contributed by atoms with Crippen molar-refractivity contribution in [3.05, 3.63) is 53.6 Å². The monoisotopic (exact) mass is 271 g/mol. The second-order valence-corrected chi connectivity index (χ2v) is 4.25. The molecule has 20 heavy (non-hydrogen) atoms. The van der Waals surface area contributed by atoms with Crippen molar-refractivity contribution < 1.29 is 14.3 Å². The maximum atomic E-state index is 12.4. The molecule has 2 rings (SSSR count). The molecule has 2 aromatic rings. The lowest BCUT2D eigenvalue weighted by Gasteiger charge is -2.09. The number of hydrogen-bond donors (Lipinski definition) is 1. The predicted octanol–water partition coefficient (Wildman–Crippen LogP) is 2.91. The fourth-order valence-electron chi connectivity index (χ4n) is 1.92. The molecule has 4 heteroatoms. The van der Waals surface area contributed by atoms with Crippen molar-refractivity contribution in [3.63, 3.8) is 0 Å². The zero-order valence-electron chi connectivity index (χ0n) is 11.6. The maximum absolute atomic E-state index is 12.4. The van der Waals surface area contributed by atoms with E-state index in [-0.39, 0.29) is 5.78 Å². The van der Waals surface area contributed by atoms with E-state index >= 15 is 0 Å². The van der Waals surface area contributed by atoms with Gasteiger partial charge >= 0.3 is 0 Å². The summed E-state index contributed by atoms with van der Waals surface area (Å²) >= 11 is 0. The maximum Gasteiger partial charge on any atom is 0.196 e. The van der Waals surface area contributed by atoms with Crippen LogP contribution >= 0.6 is 0 Å². The van der Waals surface area contributed by atoms with Crippen molar-refractivity contribution >= 4 is 11.5 Å². The Morgan fingerprint density at radius 1 is 1.15 bits per heavy atom. The number of hydrogen-bond acceptors (Lipinski definition) is 4. The molecule has 2 aromatic carbocycles. The van der Waals surface area contributed by atoms with Crippen molar-refractivity contribution in [2.75, 3.05) is 19.5 Å². The smallest absolute Gasteiger partial charge is 0.196 e. The summed E-state index contributed by atoms with van der Waals surface area (Å²) in [6.07, 6.45) is 0. The van der Waals surface area contributed by atoms with Crippen molar-refractivity contribution in [2.24, 2.45) is 0 Å². The van der Waals surface area contributed by atoms with E-state index in [2.05, 4.69) is 0 Å². The molecule has 104 valence electrons. The molecule has 0 fully saturated rings. The normalized spacial score (nSPS) is 10.1. The molecule has 0 saturated carbocycles. The second-order valence-electron chi connectivity index (χ2n) is 4.25. The van der Waals surface area contributed by atoms with E-state index in [4.69, 9.17) is 15.2 Å². The Kier molecular flexibility index (Phi) is 4.25. The van der Waals surface area contributed by atoms with Crippen LogP contribution in [-0.2, 0) is 0 Å². The molecular formula is C16H17NO3. The van der Waals surface area contributed by atoms with Crippen LogP contribution < -0.4 is 15.2 Å². The summed E-state index contributed by atoms with van der Waals surface area (Å²) in [5.41, 5.74) is 7.32. The minimum atomic E-state index is -0.107. The molecule has 4 nitrogen and oxygen atoms in total. The molecule has 0 heterocycles. The van der Waals surface area contributed by atoms with Gasteiger partial charge in [-0.3, -0.25) is 4.79 Å². The number of rotatable bonds is 5. The highest BCUT2D eigenvalue weighted by Gasteiger charge is 2.14. The van der Waals surface area contributed by atoms with E-state index in [0.29, 0.717) is 29.2 Å². The summed E-state index contributed by atoms with van der Waals surface area (Å²) in [5, 5.41) is 0. The van der Waals surface area contributed by atoms with Crippen molar-refractivity contribution in [3.8, 4) is 11.5 Å². The lowest BCUT2D eigenvalue weighted by Crippen LogP contribution is -2.04. The topological polar surface area (TPSA) is 61.5 Å². The van der Waals surface area contributed by atoms with Gasteiger partial charge in [-0.2, -0.15) is 0 Å². The number of benzene rings is 2. The Morgan fingerprint density at radius 3 is 2.45 bits per heavy atom. The van der Waals surface area contributed by atoms with Crippen LogP contribution in [0.1, 0.15) is 22.8 Å². The van der Waals surface area contributed by atoms with Gasteiger partial charge in [-0.15, -0.1) is 0 Å². The molecule has 0 aliphatic rings. The van der Waals surface area contributed by atoms with E-state index in [1.807, 2.05) is 6.92 Å². The molecule has 0 aromatic heterocycles. The molecular weight excluding hydrogens is 254 g/mol. The molecule has 0 radical (unpaired) electrons. The minimum absolute atomic E-state index is 0.107. The van der Waals surface area contributed by atoms with Crippen LogP contribution in [0.4, 0.5) is 5.69 Å². The SMILES string of the molecule is CCOc1ccc(C(=O)c2ccc(N)cc2OC)cc1. The highest BCUT2D eigenvalue weighted by Crippen LogP contribution is 2.25. The van der Waals surface area contributed by atoms with Gasteiger partial charge in [0.15, 0.2) is 5.78 Å². The Morgan fingerprint density at radius 2 is 1.85 bits per heavy atom. The van der Waals surface area contributed by atoms with Crippen molar-refractivity contribution in [1.29, 1.82) is 0 Å². The van der Waals surface area contributed by atoms with Gasteiger partial charge in [-0.25, -0.2) is 0 Å². The summed E-state index contributed by atoms with van der Waals surface area (Å²) in [6, 6.07) is 12.0. The van der Waals surface area contributed by atoms with Crippen molar-refractivity contribution in [1.82, 2.24) is 0 Å². The summed E-state index contributed by atoms with van der Waals surface area (Å²) in [4.78, 5) is 12.4. The quantitative estimate of drug-likeness (QED) is 0.671. The van der Waals surface area contributed by atoms with Gasteiger partial charge in [0.05, 0.1) is 19.3 Å². The molecule has 0 amide bonds. The van der Waals surface area contributed by atoms with Gasteiger partial charge in [-0.05, 0) is 43.3 Å². The van der Waals surface area contributed by atoms with Crippen molar-refractivity contribution in [2.45, 2.75) is 6.92 Å². The molecule has 0 saturated heterocycles. The highest BCUT2D eigenvalue weighted by molar-refractivity contribution is 6.11. The average molecular weight is 271 g/mol. The molecule has 2 N–H and O–H groups in total. The first-order valence-corrected chi connectivity index (χ1v) is 6.36. The number of ketones is 1. The van der Waals surface area contributed by atoms with E-state index < -0.39 is 0 Å². The highest BCUT2D eigenvalue weighted by atomic mass is 16.5. The predicted molar refractivity (Wildman–Crippen MR) is 78.4 cm³/mol. The Bertz CT molecular complexity index is 606. The van der Waals surface area contributed by atoms with E-state index in [9.17, 15) is 4.79 Å². The standard InChI is InChI=1S/C16H17NO3/c1-3-20-13-7-4-11(5-8-13)16(18)14-9-6-12(17)10-15(14)19-2/h4-10H,3,17H2,1-2H3. The third-order valence-corrected chi connectivity index (χ3v) is 2.90. The molecule has 0 aliphatic heterocycles. The van der Waals surface area contributed by atoms with Gasteiger partial charge in [-0.1, -0.05) is 0 Å². The Hall–Kier alpha value is -2.49. The average Bonchev–Trinajstić information content (AvgIpc) is 2.47. The zero-order chi connectivity index (χ0) is 14.5. The number of carbonyl (C=O) groups excluding carboxylic acids is 1. The number of ether oxygens (including phenoxy) is 2. The van der Waals surface area contributed by atoms with Crippen LogP contribution in [0.5, 0.6) is 11.5 Å². The Balaban J connectivity index is 2.31. The van der Waals surface area contributed by atoms with Gasteiger partial charge < -0.3 is 15.2 Å². The molecule has 0 unspecified atom stereocenters. The second kappa shape index (κ2) is 6.10. The van der Waals surface area contributed by atoms with Gasteiger partial charge in [0.2, 0.25) is 0 Å². The minimum Gasteiger partial charge on any atom is -0.496 e. The third-order valence-electron chi connectivity index (χ3n) is 2.90. The largest absolute Gasteiger partial charge is 0.496 e. The summed E-state index contributed by atoms with van der Waals surface area (Å²) in [5.74, 6) is 1.11. The van der Waals surface area contributed by atoms with E-state index in [1.54, 1.807) is 42.5 Å². The third kappa shape index (κ3) is 2.91. The summed E-state index contributed by atoms with van der Waals surface area (Å²) in [6.45, 7) is 2.51. The molecule has 0 bridgehead atoms. The first kappa shape index (κ1) is 13.9. The van der Waals surface area contributed by atoms with E-state index in [1.165, 1.54) is 7.11 Å². The zero-order valence-corrected chi connectivity index (χ0v) is 11.6. The number of methoxy groups -OCH3 is 1. The van der Waals surface area contributed by atoms with Gasteiger partial charge in [0, 0.05) is 17.3 Å². The number of nitrogens with two attached hydrogens (primary N) is 1.